The molecule has 652 valence electrons. The predicted octanol–water partition coefficient (Wildman–Crippen LogP) is 22.6. The number of halogens is 6. The van der Waals surface area contributed by atoms with E-state index in [4.69, 9.17) is 39.9 Å². The van der Waals surface area contributed by atoms with Crippen molar-refractivity contribution >= 4 is 211 Å². The van der Waals surface area contributed by atoms with Gasteiger partial charge < -0.3 is 54.7 Å². The number of aromatic nitrogens is 4. The van der Waals surface area contributed by atoms with Crippen LogP contribution in [0.15, 0.2) is 241 Å². The number of benzene rings is 8. The lowest BCUT2D eigenvalue weighted by Crippen LogP contribution is -2.35. The summed E-state index contributed by atoms with van der Waals surface area (Å²) in [7, 11) is -1.56. The van der Waals surface area contributed by atoms with E-state index in [2.05, 4.69) is 190 Å². The van der Waals surface area contributed by atoms with Gasteiger partial charge in [-0.15, -0.1) is 0 Å². The van der Waals surface area contributed by atoms with Crippen LogP contribution >= 0.6 is 102 Å². The highest BCUT2D eigenvalue weighted by Crippen LogP contribution is 2.34. The number of anilines is 4. The lowest BCUT2D eigenvalue weighted by Gasteiger charge is -2.26. The molecular weight excluding hydrogens is 2010 g/mol. The molecule has 6 heterocycles. The fraction of sp³-hybridized carbons (Fsp3) is 0.293. The third kappa shape index (κ3) is 37.3. The van der Waals surface area contributed by atoms with Gasteiger partial charge in [-0.1, -0.05) is 155 Å². The van der Waals surface area contributed by atoms with Gasteiger partial charge in [0.2, 0.25) is 0 Å². The zero-order valence-electron chi connectivity index (χ0n) is 69.9. The molecule has 0 radical (unpaired) electrons. The first-order valence-corrected chi connectivity index (χ1v) is 43.6. The maximum absolute atomic E-state index is 11.9. The maximum Gasteiger partial charge on any atom is 0.519 e. The van der Waals surface area contributed by atoms with Gasteiger partial charge in [-0.2, -0.15) is 0 Å². The number of nitrogens with zero attached hydrogens (tertiary/aromatic N) is 6. The number of carbonyl (C=O) groups excluding carboxylic acids is 5. The van der Waals surface area contributed by atoms with Crippen LogP contribution in [0.5, 0.6) is 0 Å². The molecule has 123 heavy (non-hydrogen) atoms. The third-order valence-corrected chi connectivity index (χ3v) is 20.1. The molecule has 14 rings (SSSR count). The molecular formula is C92H105BBr5IN10O14. The minimum Gasteiger partial charge on any atom is -0.444 e. The average molecular weight is 2110 g/mol. The standard InChI is InChI=1S/C20H21N3O.C15H18BNO4.C15H16BrNO2.C10H13BrN2O.C10H8BrN.C10H18O5.C6H4BrNO.C5H3BrIN.CH4/c21-20-8-7-17(18-3-1-2-4-19(18)20)15-5-6-16(22-13-15)14-23-9-11-24-12-10-23;1-15(2,3)21-14(18)17-13-9-8-12(16(19)20)10-6-4-5-7-11(10)13;1-15(2,3)19-14(18)17-13-9-8-12(16)10-6-4-5-7-11(10)13;11-9-1-2-10(12-7-9)8-13-3-5-14-6-4-13;11-9-5-6-10(12)8-4-2-1-3-7(8)9;1-9(2,3)14-7(11)13-8(12)15-10(4,5)6;7-5-1-2-6(4-9)8-3-5;6-4-1-2-5(7)8-3-4;/h1-8,13H,9-12,14,21H2;4-9,19-20H,1-3H3,(H,17,18);4-9H,1-3H3,(H,17,18);1-2,7H,3-6,8H2;1-6H,12H2;1-6H3;1-4H;1-3H;1H4. The summed E-state index contributed by atoms with van der Waals surface area (Å²) in [5.74, 6) is 0. The van der Waals surface area contributed by atoms with Crippen molar-refractivity contribution in [2.45, 2.75) is 126 Å². The Bertz CT molecular complexity index is 5300. The number of hydrogen-bond donors (Lipinski definition) is 6. The summed E-state index contributed by atoms with van der Waals surface area (Å²) in [6, 6.07) is 62.0. The molecule has 12 aromatic rings. The van der Waals surface area contributed by atoms with Crippen molar-refractivity contribution in [1.82, 2.24) is 29.7 Å². The van der Waals surface area contributed by atoms with Crippen LogP contribution in [-0.2, 0) is 46.2 Å². The van der Waals surface area contributed by atoms with Crippen LogP contribution < -0.4 is 27.6 Å². The second kappa shape index (κ2) is 50.2. The van der Waals surface area contributed by atoms with Crippen LogP contribution in [-0.4, -0.2) is 153 Å². The predicted molar refractivity (Wildman–Crippen MR) is 519 cm³/mol. The van der Waals surface area contributed by atoms with Crippen molar-refractivity contribution in [3.63, 3.8) is 0 Å². The number of morpholine rings is 2. The molecule has 24 nitrogen and oxygen atoms in total. The van der Waals surface area contributed by atoms with E-state index in [1.54, 1.807) is 117 Å². The van der Waals surface area contributed by atoms with Gasteiger partial charge in [0.1, 0.15) is 31.8 Å². The van der Waals surface area contributed by atoms with Crippen molar-refractivity contribution in [3.8, 4) is 11.1 Å². The van der Waals surface area contributed by atoms with Crippen LogP contribution in [0.4, 0.5) is 41.9 Å². The minimum absolute atomic E-state index is 0. The topological polar surface area (TPSA) is 325 Å². The van der Waals surface area contributed by atoms with Gasteiger partial charge in [-0.25, -0.2) is 24.2 Å². The quantitative estimate of drug-likeness (QED) is 0.0114. The van der Waals surface area contributed by atoms with Crippen molar-refractivity contribution in [1.29, 1.82) is 0 Å². The Morgan fingerprint density at radius 2 is 0.821 bits per heavy atom. The average Bonchev–Trinajstić information content (AvgIpc) is 0.808. The molecule has 0 saturated carbocycles. The molecule has 2 fully saturated rings. The molecule has 8 aromatic carbocycles. The summed E-state index contributed by atoms with van der Waals surface area (Å²) in [5, 5.41) is 32.2. The molecule has 0 aliphatic carbocycles. The molecule has 0 bridgehead atoms. The van der Waals surface area contributed by atoms with E-state index in [1.165, 1.54) is 10.9 Å². The first-order chi connectivity index (χ1) is 57.7. The maximum atomic E-state index is 11.9. The van der Waals surface area contributed by atoms with Crippen molar-refractivity contribution in [3.05, 3.63) is 262 Å². The van der Waals surface area contributed by atoms with E-state index >= 15 is 0 Å². The number of ether oxygens (including phenoxy) is 7. The van der Waals surface area contributed by atoms with Gasteiger partial charge in [0.05, 0.1) is 49.2 Å². The summed E-state index contributed by atoms with van der Waals surface area (Å²) >= 11 is 19.0. The molecule has 8 N–H and O–H groups in total. The summed E-state index contributed by atoms with van der Waals surface area (Å²) in [6.07, 6.45) is 4.78. The van der Waals surface area contributed by atoms with E-state index in [-0.39, 0.29) is 7.43 Å². The molecule has 0 spiro atoms. The number of nitrogen functional groups attached to an aromatic ring is 2. The zero-order valence-corrected chi connectivity index (χ0v) is 80.0. The largest absolute Gasteiger partial charge is 0.519 e. The highest BCUT2D eigenvalue weighted by atomic mass is 127. The Balaban J connectivity index is 0.000000222. The van der Waals surface area contributed by atoms with E-state index in [9.17, 15) is 34.0 Å². The Labute approximate surface area is 775 Å². The fourth-order valence-electron chi connectivity index (χ4n) is 11.3. The minimum atomic E-state index is -1.56. The number of aldehydes is 1. The number of nitrogens with two attached hydrogens (primary N) is 2. The lowest BCUT2D eigenvalue weighted by molar-refractivity contribution is -0.0294. The summed E-state index contributed by atoms with van der Waals surface area (Å²) < 4.78 is 41.0. The number of rotatable bonds is 9. The third-order valence-electron chi connectivity index (χ3n) is 16.7. The number of amides is 2. The van der Waals surface area contributed by atoms with Crippen LogP contribution in [0.1, 0.15) is 112 Å². The van der Waals surface area contributed by atoms with Gasteiger partial charge in [0.15, 0.2) is 6.29 Å². The number of pyridine rings is 4. The molecule has 2 aliphatic rings. The molecule has 2 amide bonds. The molecule has 0 atom stereocenters. The Morgan fingerprint density at radius 1 is 0.447 bits per heavy atom. The van der Waals surface area contributed by atoms with E-state index < -0.39 is 54.0 Å². The first-order valence-electron chi connectivity index (χ1n) is 38.6. The molecule has 2 saturated heterocycles. The van der Waals surface area contributed by atoms with Gasteiger partial charge in [0.25, 0.3) is 0 Å². The molecule has 2 aliphatic heterocycles. The van der Waals surface area contributed by atoms with Crippen LogP contribution in [0, 0.1) is 3.70 Å². The number of nitrogens with one attached hydrogen (secondary N) is 2. The fourth-order valence-corrected chi connectivity index (χ4v) is 13.3. The molecule has 31 heteroatoms. The Morgan fingerprint density at radius 3 is 1.22 bits per heavy atom. The Hall–Kier alpha value is -9.10. The van der Waals surface area contributed by atoms with Crippen molar-refractivity contribution in [2.75, 3.05) is 74.7 Å². The molecule has 4 aromatic heterocycles. The number of hydrogen-bond acceptors (Lipinski definition) is 22. The monoisotopic (exact) mass is 2110 g/mol. The van der Waals surface area contributed by atoms with Gasteiger partial charge in [-0.05, 0) is 265 Å². The smallest absolute Gasteiger partial charge is 0.444 e. The summed E-state index contributed by atoms with van der Waals surface area (Å²) in [5.41, 5.74) is 17.7. The SMILES string of the molecule is Brc1ccc(CN2CCOCC2)nc1.Brc1ccc(I)nc1.C.CC(C)(C)OC(=O)Nc1ccc(B(O)O)c2ccccc12.CC(C)(C)OC(=O)Nc1ccc(Br)c2ccccc12.CC(C)(C)OC(=O)OC(=O)OC(C)(C)C.Nc1ccc(-c2ccc(CN3CCOCC3)nc2)c2ccccc12.Nc1ccc(Br)c2ccccc12.O=Cc1ccc(Br)cn1. The first kappa shape index (κ1) is 103. The van der Waals surface area contributed by atoms with E-state index in [0.29, 0.717) is 33.9 Å². The second-order valence-electron chi connectivity index (χ2n) is 31.1. The zero-order chi connectivity index (χ0) is 89.3. The highest BCUT2D eigenvalue weighted by molar-refractivity contribution is 14.1. The van der Waals surface area contributed by atoms with Crippen LogP contribution in [0.25, 0.3) is 54.2 Å². The van der Waals surface area contributed by atoms with Gasteiger partial charge in [0, 0.05) is 125 Å². The van der Waals surface area contributed by atoms with E-state index in [0.717, 1.165) is 153 Å². The van der Waals surface area contributed by atoms with Gasteiger partial charge >= 0.3 is 31.6 Å². The summed E-state index contributed by atoms with van der Waals surface area (Å²) in [4.78, 5) is 77.3. The van der Waals surface area contributed by atoms with E-state index in [1.807, 2.05) is 142 Å². The number of carbonyl (C=O) groups is 5. The highest BCUT2D eigenvalue weighted by Gasteiger charge is 2.26. The Kier molecular flexibility index (Phi) is 41.9. The lowest BCUT2D eigenvalue weighted by atomic mass is 9.77. The van der Waals surface area contributed by atoms with Crippen molar-refractivity contribution < 1.29 is 67.2 Å². The van der Waals surface area contributed by atoms with Gasteiger partial charge in [-0.3, -0.25) is 40.2 Å². The second-order valence-corrected chi connectivity index (χ2v) is 36.6. The normalized spacial score (nSPS) is 12.6. The molecule has 0 unspecified atom stereocenters. The number of fused-ring (bicyclic) bond motifs is 4. The summed E-state index contributed by atoms with van der Waals surface area (Å²) in [6.45, 7) is 30.0. The van der Waals surface area contributed by atoms with Crippen LogP contribution in [0.3, 0.4) is 0 Å². The van der Waals surface area contributed by atoms with Crippen LogP contribution in [0.2, 0.25) is 0 Å². The van der Waals surface area contributed by atoms with Crippen molar-refractivity contribution in [2.24, 2.45) is 0 Å².